The molecule has 0 radical (unpaired) electrons. The van der Waals surface area contributed by atoms with Crippen LogP contribution in [0.25, 0.3) is 0 Å². The third kappa shape index (κ3) is 16.6. The number of benzene rings is 2. The Balaban J connectivity index is 1.07. The minimum Gasteiger partial charge on any atom is -0.491 e. The lowest BCUT2D eigenvalue weighted by Gasteiger charge is -2.14. The number of allylic oxidation sites excluding steroid dienone is 4. The summed E-state index contributed by atoms with van der Waals surface area (Å²) in [6, 6.07) is 10.8. The van der Waals surface area contributed by atoms with E-state index in [1.165, 1.54) is 0 Å². The molecule has 2 aliphatic carbocycles. The minimum absolute atomic E-state index is 0.0746. The second-order valence-corrected chi connectivity index (χ2v) is 12.5. The molecule has 56 heavy (non-hydrogen) atoms. The molecular formula is C42H52O14. The van der Waals surface area contributed by atoms with Crippen LogP contribution in [0, 0.1) is 11.8 Å². The van der Waals surface area contributed by atoms with Crippen LogP contribution in [0.15, 0.2) is 85.0 Å². The average Bonchev–Trinajstić information content (AvgIpc) is 3.96. The maximum Gasteiger partial charge on any atom is 0.317 e. The van der Waals surface area contributed by atoms with Gasteiger partial charge in [-0.2, -0.15) is 0 Å². The van der Waals surface area contributed by atoms with Crippen molar-refractivity contribution in [2.24, 2.45) is 11.8 Å². The molecule has 0 fully saturated rings. The van der Waals surface area contributed by atoms with Gasteiger partial charge in [0.1, 0.15) is 62.6 Å². The van der Waals surface area contributed by atoms with Crippen molar-refractivity contribution in [2.45, 2.75) is 13.2 Å². The van der Waals surface area contributed by atoms with Crippen molar-refractivity contribution < 1.29 is 66.4 Å². The van der Waals surface area contributed by atoms with Gasteiger partial charge in [0.05, 0.1) is 91.1 Å². The van der Waals surface area contributed by atoms with Crippen molar-refractivity contribution in [3.8, 4) is 23.0 Å². The standard InChI is InChI=1S/C42H52O14/c43-41(35-5-1-2-6-35)55-31-33-25-37-29-38(26-33)52-22-18-48-14-10-46-12-16-50-20-24-54-40-28-34(32-56-42(44)36-7-3-4-8-36)27-39(30-40)53-23-19-49-15-11-45-9-13-47-17-21-51-37/h1-8,25-30,35-36H,9-24,31-32H2. The zero-order chi connectivity index (χ0) is 38.9. The third-order valence-electron chi connectivity index (χ3n) is 8.16. The van der Waals surface area contributed by atoms with Crippen LogP contribution < -0.4 is 18.9 Å². The Labute approximate surface area is 327 Å². The van der Waals surface area contributed by atoms with Crippen LogP contribution in [-0.2, 0) is 60.7 Å². The van der Waals surface area contributed by atoms with Gasteiger partial charge in [0.25, 0.3) is 0 Å². The van der Waals surface area contributed by atoms with Crippen LogP contribution in [0.2, 0.25) is 0 Å². The van der Waals surface area contributed by atoms with Crippen LogP contribution in [-0.4, -0.2) is 118 Å². The van der Waals surface area contributed by atoms with Crippen LogP contribution in [0.1, 0.15) is 11.1 Å². The molecule has 2 aromatic carbocycles. The summed E-state index contributed by atoms with van der Waals surface area (Å²) in [6.45, 7) is 5.90. The van der Waals surface area contributed by atoms with Gasteiger partial charge in [-0.25, -0.2) is 0 Å². The number of carbonyl (C=O) groups excluding carboxylic acids is 2. The van der Waals surface area contributed by atoms with E-state index in [4.69, 9.17) is 56.8 Å². The van der Waals surface area contributed by atoms with E-state index in [-0.39, 0.29) is 37.0 Å². The zero-order valence-corrected chi connectivity index (χ0v) is 31.7. The smallest absolute Gasteiger partial charge is 0.317 e. The van der Waals surface area contributed by atoms with Gasteiger partial charge in [0.15, 0.2) is 0 Å². The maximum absolute atomic E-state index is 12.4. The molecule has 0 unspecified atom stereocenters. The molecule has 14 heteroatoms. The van der Waals surface area contributed by atoms with Gasteiger partial charge in [0.2, 0.25) is 0 Å². The normalized spacial score (nSPS) is 19.0. The second-order valence-electron chi connectivity index (χ2n) is 12.5. The van der Waals surface area contributed by atoms with Crippen molar-refractivity contribution in [2.75, 3.05) is 106 Å². The van der Waals surface area contributed by atoms with Gasteiger partial charge >= 0.3 is 11.9 Å². The molecule has 1 aliphatic heterocycles. The molecule has 1 heterocycles. The number of esters is 2. The lowest BCUT2D eigenvalue weighted by molar-refractivity contribution is -0.147. The highest BCUT2D eigenvalue weighted by atomic mass is 16.6. The van der Waals surface area contributed by atoms with Gasteiger partial charge < -0.3 is 56.8 Å². The molecule has 0 aromatic heterocycles. The number of hydrogen-bond donors (Lipinski definition) is 0. The molecule has 0 atom stereocenters. The molecule has 0 spiro atoms. The number of fused-ring (bicyclic) bond motifs is 4. The Kier molecular flexibility index (Phi) is 19.3. The molecular weight excluding hydrogens is 728 g/mol. The van der Waals surface area contributed by atoms with Crippen LogP contribution >= 0.6 is 0 Å². The van der Waals surface area contributed by atoms with E-state index in [1.807, 2.05) is 48.6 Å². The van der Waals surface area contributed by atoms with Crippen LogP contribution in [0.3, 0.4) is 0 Å². The number of ether oxygens (including phenoxy) is 12. The van der Waals surface area contributed by atoms with E-state index < -0.39 is 0 Å². The van der Waals surface area contributed by atoms with E-state index in [1.54, 1.807) is 36.4 Å². The Morgan fingerprint density at radius 2 is 0.643 bits per heavy atom. The first-order valence-corrected chi connectivity index (χ1v) is 18.9. The molecule has 0 saturated heterocycles. The summed E-state index contributed by atoms with van der Waals surface area (Å²) in [6.07, 6.45) is 14.4. The van der Waals surface area contributed by atoms with Gasteiger partial charge in [-0.15, -0.1) is 0 Å². The molecule has 2 aromatic rings. The molecule has 0 amide bonds. The van der Waals surface area contributed by atoms with E-state index in [2.05, 4.69) is 0 Å². The highest BCUT2D eigenvalue weighted by molar-refractivity contribution is 5.78. The monoisotopic (exact) mass is 780 g/mol. The summed E-state index contributed by atoms with van der Waals surface area (Å²) < 4.78 is 68.7. The first kappa shape index (κ1) is 42.4. The fourth-order valence-corrected chi connectivity index (χ4v) is 5.40. The summed E-state index contributed by atoms with van der Waals surface area (Å²) >= 11 is 0. The van der Waals surface area contributed by atoms with Crippen molar-refractivity contribution >= 4 is 11.9 Å². The lowest BCUT2D eigenvalue weighted by Crippen LogP contribution is -2.15. The van der Waals surface area contributed by atoms with E-state index >= 15 is 0 Å². The van der Waals surface area contributed by atoms with Crippen LogP contribution in [0.4, 0.5) is 0 Å². The molecule has 3 aliphatic rings. The molecule has 304 valence electrons. The van der Waals surface area contributed by atoms with Crippen molar-refractivity contribution in [3.05, 3.63) is 96.1 Å². The minimum atomic E-state index is -0.376. The van der Waals surface area contributed by atoms with Gasteiger partial charge in [-0.3, -0.25) is 9.59 Å². The van der Waals surface area contributed by atoms with Crippen LogP contribution in [0.5, 0.6) is 23.0 Å². The largest absolute Gasteiger partial charge is 0.491 e. The van der Waals surface area contributed by atoms with E-state index in [0.717, 1.165) is 11.1 Å². The molecule has 5 rings (SSSR count). The van der Waals surface area contributed by atoms with Gasteiger partial charge in [-0.1, -0.05) is 48.6 Å². The Bertz CT molecular complexity index is 1400. The van der Waals surface area contributed by atoms with Crippen molar-refractivity contribution in [1.82, 2.24) is 0 Å². The highest BCUT2D eigenvalue weighted by Crippen LogP contribution is 2.26. The Morgan fingerprint density at radius 3 is 0.911 bits per heavy atom. The summed E-state index contributed by atoms with van der Waals surface area (Å²) in [4.78, 5) is 24.8. The molecule has 14 nitrogen and oxygen atoms in total. The topological polar surface area (TPSA) is 145 Å². The molecule has 0 saturated carbocycles. The quantitative estimate of drug-likeness (QED) is 0.377. The summed E-state index contributed by atoms with van der Waals surface area (Å²) in [5.41, 5.74) is 1.46. The number of hydrogen-bond acceptors (Lipinski definition) is 14. The average molecular weight is 781 g/mol. The van der Waals surface area contributed by atoms with Crippen molar-refractivity contribution in [1.29, 1.82) is 0 Å². The summed E-state index contributed by atoms with van der Waals surface area (Å²) in [7, 11) is 0. The fraction of sp³-hybridized carbons (Fsp3) is 0.476. The second kappa shape index (κ2) is 25.5. The first-order chi connectivity index (χ1) is 27.6. The molecule has 4 bridgehead atoms. The van der Waals surface area contributed by atoms with Crippen molar-refractivity contribution in [3.63, 3.8) is 0 Å². The summed E-state index contributed by atoms with van der Waals surface area (Å²) in [5.74, 6) is 0.851. The highest BCUT2D eigenvalue weighted by Gasteiger charge is 2.18. The Hall–Kier alpha value is -4.70. The summed E-state index contributed by atoms with van der Waals surface area (Å²) in [5, 5.41) is 0. The van der Waals surface area contributed by atoms with E-state index in [9.17, 15) is 9.59 Å². The number of carbonyl (C=O) groups is 2. The fourth-order valence-electron chi connectivity index (χ4n) is 5.40. The number of rotatable bonds is 6. The third-order valence-corrected chi connectivity index (χ3v) is 8.16. The predicted octanol–water partition coefficient (Wildman–Crippen LogP) is 4.59. The van der Waals surface area contributed by atoms with Gasteiger partial charge in [-0.05, 0) is 35.4 Å². The maximum atomic E-state index is 12.4. The predicted molar refractivity (Wildman–Crippen MR) is 203 cm³/mol. The van der Waals surface area contributed by atoms with Gasteiger partial charge in [0, 0.05) is 12.1 Å². The first-order valence-electron chi connectivity index (χ1n) is 18.9. The lowest BCUT2D eigenvalue weighted by atomic mass is 10.2. The SMILES string of the molecule is O=C(OCc1cc2cc(c1)OCCOCCOCCOCCOc1cc(COC(=O)C3C=CC=C3)cc(c1)OCCOCCOCCOCCO2)C1C=CC=C1. The van der Waals surface area contributed by atoms with E-state index in [0.29, 0.717) is 129 Å². The zero-order valence-electron chi connectivity index (χ0n) is 31.7. The Morgan fingerprint density at radius 1 is 0.393 bits per heavy atom. The molecule has 0 N–H and O–H groups in total.